The molecule has 0 spiro atoms. The third-order valence-corrected chi connectivity index (χ3v) is 5.70. The summed E-state index contributed by atoms with van der Waals surface area (Å²) in [5.41, 5.74) is 5.33. The summed E-state index contributed by atoms with van der Waals surface area (Å²) in [6.45, 7) is 8.00. The zero-order valence-electron chi connectivity index (χ0n) is 20.0. The Bertz CT molecular complexity index is 1260. The first-order valence-corrected chi connectivity index (χ1v) is 11.4. The molecule has 0 atom stereocenters. The van der Waals surface area contributed by atoms with Crippen LogP contribution in [0, 0.1) is 11.2 Å². The highest BCUT2D eigenvalue weighted by Gasteiger charge is 2.28. The van der Waals surface area contributed by atoms with Gasteiger partial charge in [-0.15, -0.1) is 0 Å². The number of benzene rings is 1. The third-order valence-electron chi connectivity index (χ3n) is 5.27. The number of halogens is 2. The van der Waals surface area contributed by atoms with Crippen molar-refractivity contribution < 1.29 is 18.7 Å². The van der Waals surface area contributed by atoms with E-state index in [-0.39, 0.29) is 34.6 Å². The first kappa shape index (κ1) is 26.3. The van der Waals surface area contributed by atoms with Gasteiger partial charge in [-0.2, -0.15) is 0 Å². The molecule has 2 aromatic heterocycles. The number of pyridine rings is 1. The van der Waals surface area contributed by atoms with Crippen molar-refractivity contribution in [2.75, 3.05) is 13.2 Å². The van der Waals surface area contributed by atoms with Gasteiger partial charge in [-0.25, -0.2) is 14.4 Å². The van der Waals surface area contributed by atoms with Gasteiger partial charge in [-0.05, 0) is 38.0 Å². The second kappa shape index (κ2) is 11.0. The van der Waals surface area contributed by atoms with Gasteiger partial charge in [0.25, 0.3) is 5.56 Å². The molecule has 0 unspecified atom stereocenters. The number of nitrogens with one attached hydrogen (secondary N) is 1. The van der Waals surface area contributed by atoms with Crippen molar-refractivity contribution in [2.24, 2.45) is 11.1 Å². The van der Waals surface area contributed by atoms with E-state index in [1.807, 2.05) is 13.8 Å². The smallest absolute Gasteiger partial charge is 0.251 e. The number of hydrogen-bond donors (Lipinski definition) is 2. The molecule has 0 radical (unpaired) electrons. The maximum absolute atomic E-state index is 14.8. The van der Waals surface area contributed by atoms with E-state index in [4.69, 9.17) is 26.8 Å². The molecule has 186 valence electrons. The first-order valence-electron chi connectivity index (χ1n) is 11.1. The molecular weight excluding hydrogens is 475 g/mol. The van der Waals surface area contributed by atoms with Crippen molar-refractivity contribution in [1.82, 2.24) is 15.0 Å². The first-order chi connectivity index (χ1) is 16.5. The number of carbonyl (C=O) groups excluding carboxylic acids is 1. The van der Waals surface area contributed by atoms with Gasteiger partial charge in [0.2, 0.25) is 11.8 Å². The molecular formula is C25H28ClFN4O4. The Hall–Kier alpha value is -3.30. The number of nitrogens with two attached hydrogens (primary N) is 1. The van der Waals surface area contributed by atoms with Crippen molar-refractivity contribution in [2.45, 2.75) is 40.2 Å². The molecule has 2 heterocycles. The molecule has 0 aliphatic rings. The largest absolute Gasteiger partial charge is 0.475 e. The summed E-state index contributed by atoms with van der Waals surface area (Å²) < 4.78 is 25.8. The predicted molar refractivity (Wildman–Crippen MR) is 132 cm³/mol. The number of aromatic amines is 1. The molecule has 0 saturated carbocycles. The number of primary amides is 1. The standard InChI is InChI=1S/C25H28ClFN4O4/c1-14(2)34-9-10-35-20-8-6-16(13-29-20)18-11-19(32)31-23(30-18)21-17(27)7-5-15(22(21)26)12-25(3,4)24(28)33/h5-8,11,13-14H,9-10,12H2,1-4H3,(H2,28,33)(H,30,31,32). The van der Waals surface area contributed by atoms with E-state index < -0.39 is 22.7 Å². The maximum atomic E-state index is 14.8. The van der Waals surface area contributed by atoms with Gasteiger partial charge in [0, 0.05) is 29.3 Å². The zero-order valence-corrected chi connectivity index (χ0v) is 20.8. The van der Waals surface area contributed by atoms with Crippen LogP contribution in [0.25, 0.3) is 22.6 Å². The maximum Gasteiger partial charge on any atom is 0.251 e. The summed E-state index contributed by atoms with van der Waals surface area (Å²) in [7, 11) is 0. The van der Waals surface area contributed by atoms with Crippen LogP contribution in [0.5, 0.6) is 5.88 Å². The number of ether oxygens (including phenoxy) is 2. The third kappa shape index (κ3) is 6.64. The van der Waals surface area contributed by atoms with Gasteiger partial charge < -0.3 is 20.2 Å². The lowest BCUT2D eigenvalue weighted by Crippen LogP contribution is -2.33. The second-order valence-electron chi connectivity index (χ2n) is 8.95. The molecule has 0 bridgehead atoms. The van der Waals surface area contributed by atoms with E-state index in [1.54, 1.807) is 26.0 Å². The minimum Gasteiger partial charge on any atom is -0.475 e. The van der Waals surface area contributed by atoms with E-state index >= 15 is 0 Å². The molecule has 3 rings (SSSR count). The highest BCUT2D eigenvalue weighted by molar-refractivity contribution is 6.34. The fourth-order valence-electron chi connectivity index (χ4n) is 3.28. The Morgan fingerprint density at radius 1 is 1.23 bits per heavy atom. The summed E-state index contributed by atoms with van der Waals surface area (Å²) in [4.78, 5) is 35.3. The number of rotatable bonds is 10. The van der Waals surface area contributed by atoms with Crippen molar-refractivity contribution in [3.05, 3.63) is 63.3 Å². The van der Waals surface area contributed by atoms with Crippen molar-refractivity contribution >= 4 is 17.5 Å². The Morgan fingerprint density at radius 3 is 2.60 bits per heavy atom. The van der Waals surface area contributed by atoms with Crippen LogP contribution in [0.15, 0.2) is 41.3 Å². The Morgan fingerprint density at radius 2 is 1.97 bits per heavy atom. The molecule has 1 aromatic carbocycles. The lowest BCUT2D eigenvalue weighted by molar-refractivity contribution is -0.125. The summed E-state index contributed by atoms with van der Waals surface area (Å²) >= 11 is 6.52. The fraction of sp³-hybridized carbons (Fsp3) is 0.360. The number of aromatic nitrogens is 3. The Labute approximate surface area is 207 Å². The molecule has 10 heteroatoms. The molecule has 1 amide bonds. The van der Waals surface area contributed by atoms with Crippen molar-refractivity contribution in [3.8, 4) is 28.5 Å². The molecule has 0 saturated heterocycles. The van der Waals surface area contributed by atoms with E-state index in [2.05, 4.69) is 15.0 Å². The molecule has 35 heavy (non-hydrogen) atoms. The minimum absolute atomic E-state index is 0.0418. The number of amides is 1. The van der Waals surface area contributed by atoms with Crippen LogP contribution in [-0.4, -0.2) is 40.2 Å². The van der Waals surface area contributed by atoms with E-state index in [0.29, 0.717) is 30.2 Å². The quantitative estimate of drug-likeness (QED) is 0.402. The highest BCUT2D eigenvalue weighted by Crippen LogP contribution is 2.35. The molecule has 0 aliphatic heterocycles. The van der Waals surface area contributed by atoms with Crippen molar-refractivity contribution in [1.29, 1.82) is 0 Å². The van der Waals surface area contributed by atoms with Crippen LogP contribution in [0.4, 0.5) is 4.39 Å². The van der Waals surface area contributed by atoms with Crippen LogP contribution >= 0.6 is 11.6 Å². The summed E-state index contributed by atoms with van der Waals surface area (Å²) in [6.07, 6.45) is 1.80. The van der Waals surface area contributed by atoms with Gasteiger partial charge in [-0.3, -0.25) is 9.59 Å². The average molecular weight is 503 g/mol. The van der Waals surface area contributed by atoms with E-state index in [0.717, 1.165) is 0 Å². The number of carbonyl (C=O) groups is 1. The zero-order chi connectivity index (χ0) is 25.8. The van der Waals surface area contributed by atoms with Crippen LogP contribution in [0.1, 0.15) is 33.3 Å². The second-order valence-corrected chi connectivity index (χ2v) is 9.33. The number of nitrogens with zero attached hydrogens (tertiary/aromatic N) is 2. The summed E-state index contributed by atoms with van der Waals surface area (Å²) in [6, 6.07) is 7.33. The summed E-state index contributed by atoms with van der Waals surface area (Å²) in [5.74, 6) is -0.827. The van der Waals surface area contributed by atoms with Crippen molar-refractivity contribution in [3.63, 3.8) is 0 Å². The Balaban J connectivity index is 1.91. The van der Waals surface area contributed by atoms with Gasteiger partial charge in [0.15, 0.2) is 0 Å². The molecule has 0 aliphatic carbocycles. The van der Waals surface area contributed by atoms with E-state index in [9.17, 15) is 14.0 Å². The molecule has 3 aromatic rings. The van der Waals surface area contributed by atoms with Crippen LogP contribution in [0.2, 0.25) is 5.02 Å². The average Bonchev–Trinajstić information content (AvgIpc) is 2.78. The molecule has 8 nitrogen and oxygen atoms in total. The molecule has 0 fully saturated rings. The minimum atomic E-state index is -0.905. The van der Waals surface area contributed by atoms with Gasteiger partial charge in [0.1, 0.15) is 18.2 Å². The summed E-state index contributed by atoms with van der Waals surface area (Å²) in [5, 5.41) is 0.0464. The number of hydrogen-bond acceptors (Lipinski definition) is 6. The van der Waals surface area contributed by atoms with E-state index in [1.165, 1.54) is 24.4 Å². The van der Waals surface area contributed by atoms with Crippen LogP contribution < -0.4 is 16.0 Å². The van der Waals surface area contributed by atoms with Gasteiger partial charge >= 0.3 is 0 Å². The normalized spacial score (nSPS) is 11.6. The predicted octanol–water partition coefficient (Wildman–Crippen LogP) is 4.15. The van der Waals surface area contributed by atoms with Gasteiger partial charge in [0.05, 0.1) is 29.0 Å². The van der Waals surface area contributed by atoms with Gasteiger partial charge in [-0.1, -0.05) is 31.5 Å². The SMILES string of the molecule is CC(C)OCCOc1ccc(-c2cc(=O)[nH]c(-c3c(F)ccc(CC(C)(C)C(N)=O)c3Cl)n2)cn1. The lowest BCUT2D eigenvalue weighted by Gasteiger charge is -2.22. The Kier molecular flexibility index (Phi) is 8.24. The topological polar surface area (TPSA) is 120 Å². The molecule has 3 N–H and O–H groups in total. The highest BCUT2D eigenvalue weighted by atomic mass is 35.5. The monoisotopic (exact) mass is 502 g/mol. The lowest BCUT2D eigenvalue weighted by atomic mass is 9.84. The van der Waals surface area contributed by atoms with Crippen LogP contribution in [-0.2, 0) is 16.0 Å². The van der Waals surface area contributed by atoms with Crippen LogP contribution in [0.3, 0.4) is 0 Å². The fourth-order valence-corrected chi connectivity index (χ4v) is 3.59. The number of H-pyrrole nitrogens is 1.